The molecule has 0 aromatic heterocycles. The number of rotatable bonds is 8. The van der Waals surface area contributed by atoms with Crippen molar-refractivity contribution >= 4 is 41.3 Å². The van der Waals surface area contributed by atoms with E-state index in [1.807, 2.05) is 0 Å². The van der Waals surface area contributed by atoms with Crippen molar-refractivity contribution in [2.45, 2.75) is 30.7 Å². The van der Waals surface area contributed by atoms with Crippen molar-refractivity contribution < 1.29 is 39.3 Å². The summed E-state index contributed by atoms with van der Waals surface area (Å²) in [5.41, 5.74) is -1.40. The molecule has 0 aliphatic carbocycles. The first-order valence-electron chi connectivity index (χ1n) is 7.53. The molecule has 2 amide bonds. The quantitative estimate of drug-likeness (QED) is 0.286. The van der Waals surface area contributed by atoms with Crippen LogP contribution in [-0.2, 0) is 24.0 Å². The summed E-state index contributed by atoms with van der Waals surface area (Å²) in [5.74, 6) is -4.48. The molecular weight excluding hydrogens is 356 g/mol. The molecule has 0 aromatic rings. The number of ketones is 1. The maximum Gasteiger partial charge on any atom is 0.372 e. The van der Waals surface area contributed by atoms with Crippen LogP contribution >= 0.6 is 11.8 Å². The van der Waals surface area contributed by atoms with E-state index in [1.165, 1.54) is 16.7 Å². The van der Waals surface area contributed by atoms with E-state index in [9.17, 15) is 34.2 Å². The molecule has 3 atom stereocenters. The summed E-state index contributed by atoms with van der Waals surface area (Å²) in [6, 6.07) is -0.779. The predicted octanol–water partition coefficient (Wildman–Crippen LogP) is -1.73. The van der Waals surface area contributed by atoms with Crippen LogP contribution in [0.3, 0.4) is 0 Å². The van der Waals surface area contributed by atoms with Crippen molar-refractivity contribution in [2.24, 2.45) is 5.41 Å². The molecule has 25 heavy (non-hydrogen) atoms. The monoisotopic (exact) mass is 374 g/mol. The normalized spacial score (nSPS) is 27.9. The first-order chi connectivity index (χ1) is 11.7. The van der Waals surface area contributed by atoms with Crippen LogP contribution in [0.15, 0.2) is 0 Å². The van der Waals surface area contributed by atoms with Crippen LogP contribution in [0.25, 0.3) is 0 Å². The molecule has 0 bridgehead atoms. The average molecular weight is 374 g/mol. The number of amides is 2. The summed E-state index contributed by atoms with van der Waals surface area (Å²) in [6.07, 6.45) is -0.286. The number of thioether (sulfide) groups is 1. The Bertz CT molecular complexity index is 624. The van der Waals surface area contributed by atoms with Crippen LogP contribution in [0.4, 0.5) is 0 Å². The SMILES string of the molecule is O=C(CCCC(=O)C(=O)O)NC1C(=O)N2CC(CO)(C(=O)O)CS[C@H]12. The molecule has 0 saturated carbocycles. The lowest BCUT2D eigenvalue weighted by Crippen LogP contribution is -2.74. The topological polar surface area (TPSA) is 161 Å². The Kier molecular flexibility index (Phi) is 5.68. The van der Waals surface area contributed by atoms with Gasteiger partial charge in [-0.1, -0.05) is 0 Å². The largest absolute Gasteiger partial charge is 0.481 e. The lowest BCUT2D eigenvalue weighted by atomic mass is 9.88. The van der Waals surface area contributed by atoms with Gasteiger partial charge in [0.2, 0.25) is 17.6 Å². The Morgan fingerprint density at radius 1 is 1.24 bits per heavy atom. The molecule has 2 saturated heterocycles. The molecule has 0 radical (unpaired) electrons. The van der Waals surface area contributed by atoms with Gasteiger partial charge in [-0.05, 0) is 6.42 Å². The van der Waals surface area contributed by atoms with Gasteiger partial charge in [-0.15, -0.1) is 11.8 Å². The molecule has 2 fully saturated rings. The molecule has 2 aliphatic heterocycles. The number of carboxylic acid groups (broad SMARTS) is 2. The first kappa shape index (κ1) is 19.2. The average Bonchev–Trinajstić information content (AvgIpc) is 2.58. The third kappa shape index (κ3) is 3.76. The zero-order valence-electron chi connectivity index (χ0n) is 13.1. The summed E-state index contributed by atoms with van der Waals surface area (Å²) < 4.78 is 0. The van der Waals surface area contributed by atoms with E-state index in [2.05, 4.69) is 5.32 Å². The Morgan fingerprint density at radius 2 is 1.92 bits per heavy atom. The third-order valence-electron chi connectivity index (χ3n) is 4.26. The standard InChI is InChI=1S/C14H18N2O8S/c17-5-14(13(23)24)4-16-10(20)9(11(16)25-6-14)15-8(19)3-1-2-7(18)12(21)22/h9,11,17H,1-6H2,(H,15,19)(H,21,22)(H,23,24)/t9?,11-,14?/m1/s1. The van der Waals surface area contributed by atoms with E-state index in [-0.39, 0.29) is 31.6 Å². The molecule has 2 rings (SSSR count). The molecule has 138 valence electrons. The number of hydrogen-bond acceptors (Lipinski definition) is 7. The maximum atomic E-state index is 12.1. The van der Waals surface area contributed by atoms with E-state index in [0.29, 0.717) is 0 Å². The highest BCUT2D eigenvalue weighted by atomic mass is 32.2. The van der Waals surface area contributed by atoms with Crippen molar-refractivity contribution in [1.82, 2.24) is 10.2 Å². The lowest BCUT2D eigenvalue weighted by Gasteiger charge is -2.53. The number of carbonyl (C=O) groups is 5. The number of carbonyl (C=O) groups excluding carboxylic acids is 3. The highest BCUT2D eigenvalue weighted by molar-refractivity contribution is 8.00. The van der Waals surface area contributed by atoms with Crippen LogP contribution in [-0.4, -0.2) is 80.1 Å². The smallest absolute Gasteiger partial charge is 0.372 e. The second-order valence-electron chi connectivity index (χ2n) is 6.04. The minimum atomic E-state index is -1.55. The fourth-order valence-electron chi connectivity index (χ4n) is 2.68. The fraction of sp³-hybridized carbons (Fsp3) is 0.643. The van der Waals surface area contributed by atoms with Gasteiger partial charge >= 0.3 is 11.9 Å². The number of aliphatic hydroxyl groups excluding tert-OH is 1. The van der Waals surface area contributed by atoms with Crippen LogP contribution in [0, 0.1) is 5.41 Å². The van der Waals surface area contributed by atoms with Crippen molar-refractivity contribution in [3.05, 3.63) is 0 Å². The van der Waals surface area contributed by atoms with E-state index < -0.39 is 53.0 Å². The van der Waals surface area contributed by atoms with Gasteiger partial charge in [0.1, 0.15) is 16.8 Å². The zero-order chi connectivity index (χ0) is 18.8. The number of β-lactam (4-membered cyclic amide) rings is 1. The minimum Gasteiger partial charge on any atom is -0.481 e. The van der Waals surface area contributed by atoms with Gasteiger partial charge in [-0.3, -0.25) is 19.2 Å². The Balaban J connectivity index is 1.83. The van der Waals surface area contributed by atoms with Gasteiger partial charge in [0.05, 0.1) is 6.61 Å². The lowest BCUT2D eigenvalue weighted by molar-refractivity contribution is -0.161. The van der Waals surface area contributed by atoms with E-state index in [0.717, 1.165) is 0 Å². The number of Topliss-reactive ketones (excluding diaryl/α,β-unsaturated/α-hetero) is 1. The van der Waals surface area contributed by atoms with Gasteiger partial charge in [-0.2, -0.15) is 0 Å². The van der Waals surface area contributed by atoms with Gasteiger partial charge in [0, 0.05) is 25.1 Å². The third-order valence-corrected chi connectivity index (χ3v) is 5.85. The summed E-state index contributed by atoms with van der Waals surface area (Å²) >= 11 is 1.18. The number of carboxylic acids is 2. The highest BCUT2D eigenvalue weighted by Gasteiger charge is 2.57. The molecule has 0 spiro atoms. The molecule has 4 N–H and O–H groups in total. The second kappa shape index (κ2) is 7.40. The summed E-state index contributed by atoms with van der Waals surface area (Å²) in [6.45, 7) is -0.699. The highest BCUT2D eigenvalue weighted by Crippen LogP contribution is 2.41. The number of hydrogen-bond donors (Lipinski definition) is 4. The Hall–Kier alpha value is -2.14. The number of aliphatic hydroxyl groups is 1. The molecule has 10 nitrogen and oxygen atoms in total. The summed E-state index contributed by atoms with van der Waals surface area (Å²) in [5, 5.41) is 29.2. The van der Waals surface area contributed by atoms with E-state index >= 15 is 0 Å². The van der Waals surface area contributed by atoms with Gasteiger partial charge in [-0.25, -0.2) is 4.79 Å². The molecule has 2 aliphatic rings. The van der Waals surface area contributed by atoms with Gasteiger partial charge in [0.15, 0.2) is 0 Å². The number of nitrogens with zero attached hydrogens (tertiary/aromatic N) is 1. The zero-order valence-corrected chi connectivity index (χ0v) is 14.0. The predicted molar refractivity (Wildman–Crippen MR) is 83.5 cm³/mol. The fourth-order valence-corrected chi connectivity index (χ4v) is 4.21. The Labute approximate surface area is 146 Å². The second-order valence-corrected chi connectivity index (χ2v) is 7.14. The number of fused-ring (bicyclic) bond motifs is 1. The minimum absolute atomic E-state index is 0.0615. The van der Waals surface area contributed by atoms with Crippen molar-refractivity contribution in [1.29, 1.82) is 0 Å². The summed E-state index contributed by atoms with van der Waals surface area (Å²) in [7, 11) is 0. The van der Waals surface area contributed by atoms with Gasteiger partial charge < -0.3 is 25.5 Å². The molecule has 11 heteroatoms. The van der Waals surface area contributed by atoms with Gasteiger partial charge in [0.25, 0.3) is 0 Å². The van der Waals surface area contributed by atoms with Crippen LogP contribution < -0.4 is 5.32 Å². The molecule has 2 unspecified atom stereocenters. The van der Waals surface area contributed by atoms with Crippen molar-refractivity contribution in [3.63, 3.8) is 0 Å². The molecule has 2 heterocycles. The van der Waals surface area contributed by atoms with Crippen molar-refractivity contribution in [2.75, 3.05) is 18.9 Å². The Morgan fingerprint density at radius 3 is 2.48 bits per heavy atom. The van der Waals surface area contributed by atoms with E-state index in [4.69, 9.17) is 5.11 Å². The molecule has 0 aromatic carbocycles. The van der Waals surface area contributed by atoms with E-state index in [1.54, 1.807) is 0 Å². The van der Waals surface area contributed by atoms with Crippen LogP contribution in [0.2, 0.25) is 0 Å². The number of nitrogens with one attached hydrogen (secondary N) is 1. The maximum absolute atomic E-state index is 12.1. The van der Waals surface area contributed by atoms with Crippen molar-refractivity contribution in [3.8, 4) is 0 Å². The molecular formula is C14H18N2O8S. The first-order valence-corrected chi connectivity index (χ1v) is 8.58. The van der Waals surface area contributed by atoms with Crippen LogP contribution in [0.5, 0.6) is 0 Å². The summed E-state index contributed by atoms with van der Waals surface area (Å²) in [4.78, 5) is 57.9. The van der Waals surface area contributed by atoms with Crippen LogP contribution in [0.1, 0.15) is 19.3 Å². The number of aliphatic carboxylic acids is 2.